The van der Waals surface area contributed by atoms with Gasteiger partial charge in [-0.25, -0.2) is 0 Å². The van der Waals surface area contributed by atoms with Gasteiger partial charge in [-0.05, 0) is 25.2 Å². The van der Waals surface area contributed by atoms with Gasteiger partial charge in [0, 0.05) is 32.3 Å². The van der Waals surface area contributed by atoms with Crippen LogP contribution in [0.5, 0.6) is 0 Å². The summed E-state index contributed by atoms with van der Waals surface area (Å²) in [6, 6.07) is 0. The van der Waals surface area contributed by atoms with Crippen molar-refractivity contribution >= 4 is 0 Å². The molecule has 0 saturated carbocycles. The lowest BCUT2D eigenvalue weighted by atomic mass is 9.75. The first-order valence-corrected chi connectivity index (χ1v) is 6.60. The van der Waals surface area contributed by atoms with Crippen LogP contribution >= 0.6 is 0 Å². The minimum atomic E-state index is -0.171. The van der Waals surface area contributed by atoms with E-state index >= 15 is 0 Å². The molecule has 3 heteroatoms. The van der Waals surface area contributed by atoms with Crippen LogP contribution in [0.25, 0.3) is 0 Å². The van der Waals surface area contributed by atoms with Crippen LogP contribution in [0.4, 0.5) is 0 Å². The fourth-order valence-electron chi connectivity index (χ4n) is 1.73. The second-order valence-electron chi connectivity index (χ2n) is 6.73. The van der Waals surface area contributed by atoms with Gasteiger partial charge in [-0.3, -0.25) is 0 Å². The van der Waals surface area contributed by atoms with Crippen molar-refractivity contribution in [1.82, 2.24) is 4.90 Å². The Labute approximate surface area is 108 Å². The van der Waals surface area contributed by atoms with Gasteiger partial charge >= 0.3 is 0 Å². The molecule has 0 heterocycles. The van der Waals surface area contributed by atoms with E-state index < -0.39 is 0 Å². The van der Waals surface area contributed by atoms with Gasteiger partial charge in [0.2, 0.25) is 0 Å². The summed E-state index contributed by atoms with van der Waals surface area (Å²) in [5.41, 5.74) is 6.18. The maximum absolute atomic E-state index is 6.26. The maximum Gasteiger partial charge on any atom is 0.0589 e. The summed E-state index contributed by atoms with van der Waals surface area (Å²) in [5, 5.41) is 0. The van der Waals surface area contributed by atoms with E-state index in [1.54, 1.807) is 7.11 Å². The summed E-state index contributed by atoms with van der Waals surface area (Å²) in [6.07, 6.45) is 0. The Balaban J connectivity index is 4.50. The van der Waals surface area contributed by atoms with Gasteiger partial charge in [0.05, 0.1) is 6.61 Å². The molecule has 0 fully saturated rings. The molecule has 0 radical (unpaired) electrons. The second kappa shape index (κ2) is 6.72. The Morgan fingerprint density at radius 3 is 2.06 bits per heavy atom. The van der Waals surface area contributed by atoms with Gasteiger partial charge in [0.25, 0.3) is 0 Å². The van der Waals surface area contributed by atoms with Gasteiger partial charge in [-0.1, -0.05) is 27.7 Å². The number of methoxy groups -OCH3 is 1. The zero-order chi connectivity index (χ0) is 13.7. The first-order chi connectivity index (χ1) is 7.60. The topological polar surface area (TPSA) is 38.5 Å². The van der Waals surface area contributed by atoms with Crippen LogP contribution < -0.4 is 5.73 Å². The molecule has 0 aromatic heterocycles. The molecule has 0 aliphatic rings. The molecule has 0 aromatic carbocycles. The minimum Gasteiger partial charge on any atom is -0.383 e. The van der Waals surface area contributed by atoms with Gasteiger partial charge in [0.15, 0.2) is 0 Å². The van der Waals surface area contributed by atoms with Crippen molar-refractivity contribution in [3.63, 3.8) is 0 Å². The maximum atomic E-state index is 6.26. The number of nitrogens with zero attached hydrogens (tertiary/aromatic N) is 1. The quantitative estimate of drug-likeness (QED) is 0.712. The van der Waals surface area contributed by atoms with Crippen molar-refractivity contribution in [3.8, 4) is 0 Å². The second-order valence-corrected chi connectivity index (χ2v) is 6.73. The molecule has 0 rings (SSSR count). The van der Waals surface area contributed by atoms with E-state index in [-0.39, 0.29) is 11.0 Å². The minimum absolute atomic E-state index is 0.0929. The average molecular weight is 244 g/mol. The molecule has 0 amide bonds. The number of rotatable bonds is 8. The van der Waals surface area contributed by atoms with Crippen molar-refractivity contribution in [1.29, 1.82) is 0 Å². The third kappa shape index (κ3) is 6.39. The number of nitrogens with two attached hydrogens (primary N) is 1. The summed E-state index contributed by atoms with van der Waals surface area (Å²) in [6.45, 7) is 17.1. The van der Waals surface area contributed by atoms with E-state index in [9.17, 15) is 0 Å². The SMILES string of the molecule is COCCN(CC(C)C)CC(C)(C)C(C)(C)N. The van der Waals surface area contributed by atoms with Gasteiger partial charge < -0.3 is 15.4 Å². The van der Waals surface area contributed by atoms with Crippen molar-refractivity contribution in [3.05, 3.63) is 0 Å². The summed E-state index contributed by atoms with van der Waals surface area (Å²) < 4.78 is 5.18. The van der Waals surface area contributed by atoms with E-state index in [1.807, 2.05) is 0 Å². The zero-order valence-corrected chi connectivity index (χ0v) is 12.8. The van der Waals surface area contributed by atoms with Crippen LogP contribution in [0.15, 0.2) is 0 Å². The van der Waals surface area contributed by atoms with Gasteiger partial charge in [-0.15, -0.1) is 0 Å². The normalized spacial score (nSPS) is 13.8. The summed E-state index contributed by atoms with van der Waals surface area (Å²) >= 11 is 0. The van der Waals surface area contributed by atoms with Crippen molar-refractivity contribution in [2.24, 2.45) is 17.1 Å². The predicted molar refractivity (Wildman–Crippen MR) is 75.2 cm³/mol. The molecule has 3 nitrogen and oxygen atoms in total. The van der Waals surface area contributed by atoms with Crippen LogP contribution in [-0.2, 0) is 4.74 Å². The fourth-order valence-corrected chi connectivity index (χ4v) is 1.73. The molecule has 0 atom stereocenters. The van der Waals surface area contributed by atoms with Crippen molar-refractivity contribution < 1.29 is 4.74 Å². The van der Waals surface area contributed by atoms with E-state index in [0.717, 1.165) is 26.2 Å². The van der Waals surface area contributed by atoms with Crippen LogP contribution in [0.2, 0.25) is 0 Å². The predicted octanol–water partition coefficient (Wildman–Crippen LogP) is 2.35. The van der Waals surface area contributed by atoms with Crippen LogP contribution in [0.1, 0.15) is 41.5 Å². The molecule has 2 N–H and O–H groups in total. The van der Waals surface area contributed by atoms with Crippen molar-refractivity contribution in [2.45, 2.75) is 47.1 Å². The molecule has 0 aliphatic carbocycles. The molecule has 0 spiro atoms. The average Bonchev–Trinajstić information content (AvgIpc) is 2.10. The smallest absolute Gasteiger partial charge is 0.0589 e. The Kier molecular flexibility index (Phi) is 6.67. The van der Waals surface area contributed by atoms with Crippen LogP contribution in [0.3, 0.4) is 0 Å². The molecule has 0 saturated heterocycles. The first kappa shape index (κ1) is 16.9. The Morgan fingerprint density at radius 1 is 1.18 bits per heavy atom. The van der Waals surface area contributed by atoms with Crippen molar-refractivity contribution in [2.75, 3.05) is 33.4 Å². The number of hydrogen-bond acceptors (Lipinski definition) is 3. The lowest BCUT2D eigenvalue weighted by molar-refractivity contribution is 0.0787. The molecular weight excluding hydrogens is 212 g/mol. The largest absolute Gasteiger partial charge is 0.383 e. The zero-order valence-electron chi connectivity index (χ0n) is 12.8. The highest BCUT2D eigenvalue weighted by Gasteiger charge is 2.34. The molecule has 17 heavy (non-hydrogen) atoms. The molecule has 0 unspecified atom stereocenters. The van der Waals surface area contributed by atoms with E-state index in [4.69, 9.17) is 10.5 Å². The fraction of sp³-hybridized carbons (Fsp3) is 1.00. The highest BCUT2D eigenvalue weighted by Crippen LogP contribution is 2.29. The van der Waals surface area contributed by atoms with Crippen LogP contribution in [0, 0.1) is 11.3 Å². The third-order valence-corrected chi connectivity index (χ3v) is 3.60. The highest BCUT2D eigenvalue weighted by molar-refractivity contribution is 4.92. The van der Waals surface area contributed by atoms with Crippen LogP contribution in [-0.4, -0.2) is 43.8 Å². The molecule has 0 aromatic rings. The standard InChI is InChI=1S/C14H32N2O/c1-12(2)10-16(8-9-17-7)11-13(3,4)14(5,6)15/h12H,8-11,15H2,1-7H3. The Bertz CT molecular complexity index is 207. The summed E-state index contributed by atoms with van der Waals surface area (Å²) in [7, 11) is 1.76. The van der Waals surface area contributed by atoms with Gasteiger partial charge in [0.1, 0.15) is 0 Å². The van der Waals surface area contributed by atoms with E-state index in [2.05, 4.69) is 46.4 Å². The molecule has 0 aliphatic heterocycles. The summed E-state index contributed by atoms with van der Waals surface area (Å²) in [5.74, 6) is 0.670. The summed E-state index contributed by atoms with van der Waals surface area (Å²) in [4.78, 5) is 2.46. The lowest BCUT2D eigenvalue weighted by Crippen LogP contribution is -2.53. The van der Waals surface area contributed by atoms with E-state index in [1.165, 1.54) is 0 Å². The number of ether oxygens (including phenoxy) is 1. The van der Waals surface area contributed by atoms with Gasteiger partial charge in [-0.2, -0.15) is 0 Å². The van der Waals surface area contributed by atoms with E-state index in [0.29, 0.717) is 5.92 Å². The number of hydrogen-bond donors (Lipinski definition) is 1. The highest BCUT2D eigenvalue weighted by atomic mass is 16.5. The monoisotopic (exact) mass is 244 g/mol. The third-order valence-electron chi connectivity index (χ3n) is 3.60. The molecule has 104 valence electrons. The molecular formula is C14H32N2O. The Morgan fingerprint density at radius 2 is 1.71 bits per heavy atom. The lowest BCUT2D eigenvalue weighted by Gasteiger charge is -2.42. The Hall–Kier alpha value is -0.120. The molecule has 0 bridgehead atoms. The first-order valence-electron chi connectivity index (χ1n) is 6.60.